The minimum Gasteiger partial charge on any atom is -0.490 e. The molecule has 3 unspecified atom stereocenters. The molecule has 3 aromatic carbocycles. The van der Waals surface area contributed by atoms with Crippen LogP contribution in [-0.4, -0.2) is 58.0 Å². The number of fused-ring (bicyclic) bond motifs is 1. The Morgan fingerprint density at radius 2 is 1.15 bits per heavy atom. The minimum absolute atomic E-state index is 0.131. The lowest BCUT2D eigenvalue weighted by Gasteiger charge is -2.23. The van der Waals surface area contributed by atoms with Crippen molar-refractivity contribution in [3.63, 3.8) is 0 Å². The zero-order valence-electron chi connectivity index (χ0n) is 18.8. The standard InChI is InChI=1S/C27H28O6/c1-17-6-2-3-7-18(17)10-24-25(31-14-19-11-28-19)22-8-4-5-9-23(22)26(32-15-20-12-29-20)27(24)33-16-21-13-30-21/h2-9,19-21H,10-16H2,1H3. The number of benzene rings is 3. The number of hydrogen-bond acceptors (Lipinski definition) is 6. The van der Waals surface area contributed by atoms with Crippen LogP contribution in [0.15, 0.2) is 48.5 Å². The normalized spacial score (nSPS) is 22.8. The van der Waals surface area contributed by atoms with Crippen LogP contribution in [0.4, 0.5) is 0 Å². The third-order valence-corrected chi connectivity index (χ3v) is 6.25. The molecule has 3 aliphatic heterocycles. The Hall–Kier alpha value is -2.80. The lowest BCUT2D eigenvalue weighted by Crippen LogP contribution is -2.13. The topological polar surface area (TPSA) is 65.3 Å². The third kappa shape index (κ3) is 4.78. The molecule has 0 saturated carbocycles. The van der Waals surface area contributed by atoms with Crippen LogP contribution in [0.1, 0.15) is 16.7 Å². The molecule has 3 heterocycles. The molecule has 0 aliphatic carbocycles. The fraction of sp³-hybridized carbons (Fsp3) is 0.407. The summed E-state index contributed by atoms with van der Waals surface area (Å²) in [4.78, 5) is 0. The summed E-state index contributed by atoms with van der Waals surface area (Å²) >= 11 is 0. The molecule has 0 N–H and O–H groups in total. The molecule has 0 bridgehead atoms. The average molecular weight is 449 g/mol. The van der Waals surface area contributed by atoms with Gasteiger partial charge in [0.25, 0.3) is 0 Å². The summed E-state index contributed by atoms with van der Waals surface area (Å²) in [5.74, 6) is 2.33. The summed E-state index contributed by atoms with van der Waals surface area (Å²) < 4.78 is 35.5. The molecule has 6 heteroatoms. The largest absolute Gasteiger partial charge is 0.490 e. The van der Waals surface area contributed by atoms with Crippen LogP contribution in [-0.2, 0) is 20.6 Å². The highest BCUT2D eigenvalue weighted by Crippen LogP contribution is 2.48. The number of ether oxygens (including phenoxy) is 6. The van der Waals surface area contributed by atoms with Crippen LogP contribution in [0.2, 0.25) is 0 Å². The first kappa shape index (κ1) is 20.8. The Labute approximate surface area is 193 Å². The molecular weight excluding hydrogens is 420 g/mol. The monoisotopic (exact) mass is 448 g/mol. The van der Waals surface area contributed by atoms with Gasteiger partial charge in [0, 0.05) is 22.8 Å². The van der Waals surface area contributed by atoms with Gasteiger partial charge in [-0.3, -0.25) is 0 Å². The molecule has 3 fully saturated rings. The van der Waals surface area contributed by atoms with Crippen LogP contribution >= 0.6 is 0 Å². The maximum Gasteiger partial charge on any atom is 0.169 e. The van der Waals surface area contributed by atoms with E-state index in [1.165, 1.54) is 11.1 Å². The fourth-order valence-corrected chi connectivity index (χ4v) is 4.05. The molecule has 0 amide bonds. The van der Waals surface area contributed by atoms with Crippen molar-refractivity contribution in [1.82, 2.24) is 0 Å². The molecule has 3 saturated heterocycles. The fourth-order valence-electron chi connectivity index (χ4n) is 4.05. The predicted molar refractivity (Wildman–Crippen MR) is 124 cm³/mol. The summed E-state index contributed by atoms with van der Waals surface area (Å²) in [5.41, 5.74) is 3.45. The van der Waals surface area contributed by atoms with Gasteiger partial charge in [0.1, 0.15) is 43.9 Å². The van der Waals surface area contributed by atoms with E-state index in [0.717, 1.165) is 53.4 Å². The Bertz CT molecular complexity index is 1150. The van der Waals surface area contributed by atoms with Crippen molar-refractivity contribution in [2.75, 3.05) is 39.6 Å². The molecule has 6 rings (SSSR count). The van der Waals surface area contributed by atoms with Gasteiger partial charge >= 0.3 is 0 Å². The van der Waals surface area contributed by atoms with Crippen LogP contribution in [0.3, 0.4) is 0 Å². The zero-order chi connectivity index (χ0) is 22.2. The van der Waals surface area contributed by atoms with Crippen molar-refractivity contribution < 1.29 is 28.4 Å². The first-order chi connectivity index (χ1) is 16.3. The second-order valence-electron chi connectivity index (χ2n) is 8.91. The molecular formula is C27H28O6. The van der Waals surface area contributed by atoms with Crippen molar-refractivity contribution in [3.05, 3.63) is 65.2 Å². The Balaban J connectivity index is 1.49. The number of epoxide rings is 3. The SMILES string of the molecule is Cc1ccccc1Cc1c(OCC2CO2)c(OCC2CO2)c2ccccc2c1OCC1CO1. The molecule has 0 radical (unpaired) electrons. The van der Waals surface area contributed by atoms with Gasteiger partial charge in [0.05, 0.1) is 19.8 Å². The lowest BCUT2D eigenvalue weighted by atomic mass is 9.95. The van der Waals surface area contributed by atoms with E-state index in [4.69, 9.17) is 28.4 Å². The maximum atomic E-state index is 6.43. The quantitative estimate of drug-likeness (QED) is 0.412. The molecule has 3 aromatic rings. The Kier molecular flexibility index (Phi) is 5.58. The van der Waals surface area contributed by atoms with Crippen molar-refractivity contribution in [3.8, 4) is 17.2 Å². The van der Waals surface area contributed by atoms with Crippen molar-refractivity contribution in [2.24, 2.45) is 0 Å². The highest BCUT2D eigenvalue weighted by molar-refractivity contribution is 5.97. The summed E-state index contributed by atoms with van der Waals surface area (Å²) in [6, 6.07) is 16.6. The predicted octanol–water partition coefficient (Wildman–Crippen LogP) is 4.07. The molecule has 0 aromatic heterocycles. The molecule has 0 spiro atoms. The summed E-state index contributed by atoms with van der Waals surface area (Å²) in [5, 5.41) is 1.99. The van der Waals surface area contributed by atoms with Crippen molar-refractivity contribution >= 4 is 10.8 Å². The van der Waals surface area contributed by atoms with Crippen LogP contribution in [0.5, 0.6) is 17.2 Å². The molecule has 6 nitrogen and oxygen atoms in total. The van der Waals surface area contributed by atoms with Crippen molar-refractivity contribution in [2.45, 2.75) is 31.7 Å². The molecule has 33 heavy (non-hydrogen) atoms. The van der Waals surface area contributed by atoms with Gasteiger partial charge in [-0.2, -0.15) is 0 Å². The van der Waals surface area contributed by atoms with E-state index in [0.29, 0.717) is 26.2 Å². The molecule has 3 aliphatic rings. The van der Waals surface area contributed by atoms with E-state index < -0.39 is 0 Å². The van der Waals surface area contributed by atoms with E-state index in [-0.39, 0.29) is 18.3 Å². The van der Waals surface area contributed by atoms with Gasteiger partial charge in [-0.1, -0.05) is 48.5 Å². The van der Waals surface area contributed by atoms with E-state index >= 15 is 0 Å². The van der Waals surface area contributed by atoms with Gasteiger partial charge in [0.15, 0.2) is 11.5 Å². The van der Waals surface area contributed by atoms with Gasteiger partial charge < -0.3 is 28.4 Å². The van der Waals surface area contributed by atoms with Gasteiger partial charge in [0.2, 0.25) is 0 Å². The smallest absolute Gasteiger partial charge is 0.169 e. The van der Waals surface area contributed by atoms with Crippen LogP contribution in [0, 0.1) is 6.92 Å². The van der Waals surface area contributed by atoms with Crippen molar-refractivity contribution in [1.29, 1.82) is 0 Å². The number of hydrogen-bond donors (Lipinski definition) is 0. The number of rotatable bonds is 11. The maximum absolute atomic E-state index is 6.43. The minimum atomic E-state index is 0.131. The van der Waals surface area contributed by atoms with Crippen LogP contribution in [0.25, 0.3) is 10.8 Å². The Morgan fingerprint density at radius 1 is 0.667 bits per heavy atom. The Morgan fingerprint density at radius 3 is 1.73 bits per heavy atom. The average Bonchev–Trinajstić information content (AvgIpc) is 3.69. The first-order valence-corrected chi connectivity index (χ1v) is 11.6. The summed E-state index contributed by atoms with van der Waals surface area (Å²) in [6.45, 7) is 5.86. The molecule has 3 atom stereocenters. The third-order valence-electron chi connectivity index (χ3n) is 6.25. The van der Waals surface area contributed by atoms with Gasteiger partial charge in [-0.05, 0) is 18.1 Å². The number of aryl methyl sites for hydroxylation is 1. The highest BCUT2D eigenvalue weighted by atomic mass is 16.6. The molecule has 172 valence electrons. The van der Waals surface area contributed by atoms with Crippen LogP contribution < -0.4 is 14.2 Å². The zero-order valence-corrected chi connectivity index (χ0v) is 18.8. The van der Waals surface area contributed by atoms with Gasteiger partial charge in [-0.15, -0.1) is 0 Å². The first-order valence-electron chi connectivity index (χ1n) is 11.6. The second-order valence-corrected chi connectivity index (χ2v) is 8.91. The van der Waals surface area contributed by atoms with Gasteiger partial charge in [-0.25, -0.2) is 0 Å². The van der Waals surface area contributed by atoms with E-state index in [1.807, 2.05) is 12.1 Å². The van der Waals surface area contributed by atoms with E-state index in [2.05, 4.69) is 43.3 Å². The summed E-state index contributed by atoms with van der Waals surface area (Å²) in [7, 11) is 0. The van der Waals surface area contributed by atoms with E-state index in [1.54, 1.807) is 0 Å². The summed E-state index contributed by atoms with van der Waals surface area (Å²) in [6.07, 6.45) is 1.11. The second kappa shape index (κ2) is 8.86. The highest BCUT2D eigenvalue weighted by Gasteiger charge is 2.31. The lowest BCUT2D eigenvalue weighted by molar-refractivity contribution is 0.225. The van der Waals surface area contributed by atoms with E-state index in [9.17, 15) is 0 Å².